The monoisotopic (exact) mass is 390 g/mol. The Morgan fingerprint density at radius 3 is 2.88 bits per heavy atom. The van der Waals surface area contributed by atoms with Gasteiger partial charge in [0.2, 0.25) is 0 Å². The van der Waals surface area contributed by atoms with Gasteiger partial charge in [-0.05, 0) is 44.0 Å². The van der Waals surface area contributed by atoms with E-state index in [1.807, 2.05) is 37.4 Å². The number of rotatable bonds is 4. The van der Waals surface area contributed by atoms with Gasteiger partial charge in [-0.25, -0.2) is 0 Å². The highest BCUT2D eigenvalue weighted by Gasteiger charge is 2.28. The number of piperidine rings is 1. The van der Waals surface area contributed by atoms with Crippen molar-refractivity contribution in [2.24, 2.45) is 0 Å². The van der Waals surface area contributed by atoms with Crippen LogP contribution >= 0.6 is 23.2 Å². The highest BCUT2D eigenvalue weighted by Crippen LogP contribution is 2.37. The van der Waals surface area contributed by atoms with Crippen LogP contribution in [0.1, 0.15) is 42.3 Å². The van der Waals surface area contributed by atoms with Crippen LogP contribution in [0.15, 0.2) is 35.0 Å². The Morgan fingerprint density at radius 1 is 1.23 bits per heavy atom. The van der Waals surface area contributed by atoms with E-state index in [-0.39, 0.29) is 6.04 Å². The summed E-state index contributed by atoms with van der Waals surface area (Å²) in [6.07, 6.45) is 5.27. The predicted molar refractivity (Wildman–Crippen MR) is 102 cm³/mol. The molecule has 1 aliphatic rings. The molecule has 3 aromatic rings. The molecule has 3 heterocycles. The van der Waals surface area contributed by atoms with E-state index >= 15 is 0 Å². The molecule has 7 heteroatoms. The third-order valence-electron chi connectivity index (χ3n) is 4.88. The molecule has 0 amide bonds. The molecule has 4 rings (SSSR count). The Kier molecular flexibility index (Phi) is 5.02. The number of aryl methyl sites for hydroxylation is 1. The summed E-state index contributed by atoms with van der Waals surface area (Å²) in [4.78, 5) is 2.46. The summed E-state index contributed by atoms with van der Waals surface area (Å²) in [5.41, 5.74) is 4.09. The lowest BCUT2D eigenvalue weighted by Crippen LogP contribution is -2.33. The van der Waals surface area contributed by atoms with Gasteiger partial charge in [-0.3, -0.25) is 10.00 Å². The molecular weight excluding hydrogens is 371 g/mol. The van der Waals surface area contributed by atoms with Crippen LogP contribution < -0.4 is 0 Å². The first-order chi connectivity index (χ1) is 12.6. The SMILES string of the molecule is Cc1cc(-c2cn[nH]c2[C@H]2CCCCN2Cc2ccc(Cl)c(Cl)c2)on1. The van der Waals surface area contributed by atoms with Gasteiger partial charge in [-0.1, -0.05) is 40.8 Å². The van der Waals surface area contributed by atoms with Gasteiger partial charge in [0, 0.05) is 12.6 Å². The summed E-state index contributed by atoms with van der Waals surface area (Å²) in [6, 6.07) is 8.04. The number of nitrogens with one attached hydrogen (secondary N) is 1. The van der Waals surface area contributed by atoms with Crippen molar-refractivity contribution in [2.75, 3.05) is 6.54 Å². The molecule has 5 nitrogen and oxygen atoms in total. The van der Waals surface area contributed by atoms with E-state index in [9.17, 15) is 0 Å². The molecule has 1 saturated heterocycles. The quantitative estimate of drug-likeness (QED) is 0.646. The molecule has 0 aliphatic carbocycles. The van der Waals surface area contributed by atoms with Crippen LogP contribution in [-0.2, 0) is 6.54 Å². The lowest BCUT2D eigenvalue weighted by atomic mass is 9.95. The zero-order valence-electron chi connectivity index (χ0n) is 14.5. The smallest absolute Gasteiger partial charge is 0.170 e. The second-order valence-corrected chi connectivity index (χ2v) is 7.57. The number of aromatic nitrogens is 3. The maximum absolute atomic E-state index is 6.19. The standard InChI is InChI=1S/C19H20Cl2N4O/c1-12-8-18(26-24-12)14-10-22-23-19(14)17-4-2-3-7-25(17)11-13-5-6-15(20)16(21)9-13/h5-6,8-10,17H,2-4,7,11H2,1H3,(H,22,23)/t17-/m1/s1. The third kappa shape index (κ3) is 3.52. The minimum Gasteiger partial charge on any atom is -0.356 e. The Balaban J connectivity index is 1.62. The first-order valence-corrected chi connectivity index (χ1v) is 9.52. The van der Waals surface area contributed by atoms with E-state index in [0.29, 0.717) is 10.0 Å². The summed E-state index contributed by atoms with van der Waals surface area (Å²) < 4.78 is 5.46. The molecule has 1 aliphatic heterocycles. The average molecular weight is 391 g/mol. The van der Waals surface area contributed by atoms with E-state index in [2.05, 4.69) is 20.3 Å². The molecule has 1 N–H and O–H groups in total. The molecule has 0 unspecified atom stereocenters. The molecule has 2 aromatic heterocycles. The number of H-pyrrole nitrogens is 1. The first kappa shape index (κ1) is 17.6. The van der Waals surface area contributed by atoms with E-state index in [1.54, 1.807) is 0 Å². The minimum absolute atomic E-state index is 0.251. The fourth-order valence-electron chi connectivity index (χ4n) is 3.62. The summed E-state index contributed by atoms with van der Waals surface area (Å²) in [6.45, 7) is 3.76. The largest absolute Gasteiger partial charge is 0.356 e. The normalized spacial score (nSPS) is 18.3. The molecule has 0 spiro atoms. The van der Waals surface area contributed by atoms with Crippen molar-refractivity contribution < 1.29 is 4.52 Å². The first-order valence-electron chi connectivity index (χ1n) is 8.77. The number of likely N-dealkylation sites (tertiary alicyclic amines) is 1. The second kappa shape index (κ2) is 7.43. The Labute approximate surface area is 162 Å². The fraction of sp³-hybridized carbons (Fsp3) is 0.368. The van der Waals surface area contributed by atoms with Crippen LogP contribution in [0.4, 0.5) is 0 Å². The van der Waals surface area contributed by atoms with Crippen molar-refractivity contribution >= 4 is 23.2 Å². The van der Waals surface area contributed by atoms with Gasteiger partial charge in [0.25, 0.3) is 0 Å². The van der Waals surface area contributed by atoms with E-state index in [4.69, 9.17) is 27.7 Å². The van der Waals surface area contributed by atoms with E-state index in [1.165, 1.54) is 12.8 Å². The van der Waals surface area contributed by atoms with Crippen molar-refractivity contribution in [3.05, 3.63) is 57.5 Å². The number of benzene rings is 1. The van der Waals surface area contributed by atoms with Gasteiger partial charge in [0.15, 0.2) is 5.76 Å². The summed E-state index contributed by atoms with van der Waals surface area (Å²) in [7, 11) is 0. The highest BCUT2D eigenvalue weighted by atomic mass is 35.5. The van der Waals surface area contributed by atoms with Gasteiger partial charge in [0.05, 0.1) is 39.2 Å². The van der Waals surface area contributed by atoms with Crippen molar-refractivity contribution in [2.45, 2.75) is 38.8 Å². The van der Waals surface area contributed by atoms with E-state index in [0.717, 1.165) is 47.8 Å². The van der Waals surface area contributed by atoms with Crippen LogP contribution in [-0.4, -0.2) is 26.8 Å². The maximum Gasteiger partial charge on any atom is 0.170 e. The van der Waals surface area contributed by atoms with Crippen LogP contribution in [0.25, 0.3) is 11.3 Å². The summed E-state index contributed by atoms with van der Waals surface area (Å²) in [5.74, 6) is 0.756. The summed E-state index contributed by atoms with van der Waals surface area (Å²) in [5, 5.41) is 12.7. The number of halogens is 2. The van der Waals surface area contributed by atoms with Crippen molar-refractivity contribution in [1.82, 2.24) is 20.3 Å². The minimum atomic E-state index is 0.251. The third-order valence-corrected chi connectivity index (χ3v) is 5.62. The number of aromatic amines is 1. The molecule has 0 radical (unpaired) electrons. The average Bonchev–Trinajstić information content (AvgIpc) is 3.27. The van der Waals surface area contributed by atoms with Gasteiger partial charge < -0.3 is 4.52 Å². The van der Waals surface area contributed by atoms with E-state index < -0.39 is 0 Å². The fourth-order valence-corrected chi connectivity index (χ4v) is 3.94. The van der Waals surface area contributed by atoms with Crippen molar-refractivity contribution in [3.63, 3.8) is 0 Å². The van der Waals surface area contributed by atoms with Gasteiger partial charge in [0.1, 0.15) is 0 Å². The molecule has 1 aromatic carbocycles. The second-order valence-electron chi connectivity index (χ2n) is 6.76. The molecule has 136 valence electrons. The van der Waals surface area contributed by atoms with Gasteiger partial charge >= 0.3 is 0 Å². The highest BCUT2D eigenvalue weighted by molar-refractivity contribution is 6.42. The lowest BCUT2D eigenvalue weighted by molar-refractivity contribution is 0.137. The molecule has 0 bridgehead atoms. The van der Waals surface area contributed by atoms with Gasteiger partial charge in [-0.15, -0.1) is 0 Å². The Morgan fingerprint density at radius 2 is 2.12 bits per heavy atom. The van der Waals surface area contributed by atoms with Crippen LogP contribution in [0.3, 0.4) is 0 Å². The Bertz CT molecular complexity index is 905. The molecule has 1 atom stereocenters. The van der Waals surface area contributed by atoms with Crippen LogP contribution in [0.2, 0.25) is 10.0 Å². The number of hydrogen-bond donors (Lipinski definition) is 1. The molecule has 0 saturated carbocycles. The summed E-state index contributed by atoms with van der Waals surface area (Å²) >= 11 is 12.2. The topological polar surface area (TPSA) is 58.0 Å². The lowest BCUT2D eigenvalue weighted by Gasteiger charge is -2.35. The molecule has 1 fully saturated rings. The molecule has 26 heavy (non-hydrogen) atoms. The van der Waals surface area contributed by atoms with Crippen molar-refractivity contribution in [3.8, 4) is 11.3 Å². The van der Waals surface area contributed by atoms with Gasteiger partial charge in [-0.2, -0.15) is 5.10 Å². The zero-order valence-corrected chi connectivity index (χ0v) is 16.0. The van der Waals surface area contributed by atoms with Crippen molar-refractivity contribution in [1.29, 1.82) is 0 Å². The maximum atomic E-state index is 6.19. The zero-order chi connectivity index (χ0) is 18.1. The predicted octanol–water partition coefficient (Wildman–Crippen LogP) is 5.41. The number of hydrogen-bond acceptors (Lipinski definition) is 4. The molecular formula is C19H20Cl2N4O. The van der Waals surface area contributed by atoms with Crippen LogP contribution in [0, 0.1) is 6.92 Å². The number of nitrogens with zero attached hydrogens (tertiary/aromatic N) is 3. The van der Waals surface area contributed by atoms with Crippen LogP contribution in [0.5, 0.6) is 0 Å². The Hall–Kier alpha value is -1.82.